The fourth-order valence-electron chi connectivity index (χ4n) is 2.22. The molecule has 0 spiro atoms. The van der Waals surface area contributed by atoms with Gasteiger partial charge in [-0.1, -0.05) is 53.8 Å². The largest absolute Gasteiger partial charge is 0.493 e. The minimum Gasteiger partial charge on any atom is -0.493 e. The highest BCUT2D eigenvalue weighted by molar-refractivity contribution is 8.26. The van der Waals surface area contributed by atoms with E-state index in [9.17, 15) is 13.2 Å². The van der Waals surface area contributed by atoms with Gasteiger partial charge in [0.1, 0.15) is 9.22 Å². The van der Waals surface area contributed by atoms with Crippen LogP contribution in [0.2, 0.25) is 5.02 Å². The monoisotopic (exact) mass is 441 g/mol. The van der Waals surface area contributed by atoms with Crippen molar-refractivity contribution < 1.29 is 22.1 Å². The quantitative estimate of drug-likeness (QED) is 0.431. The van der Waals surface area contributed by atoms with Gasteiger partial charge in [-0.05, 0) is 35.9 Å². The maximum atomic E-state index is 12.4. The van der Waals surface area contributed by atoms with E-state index < -0.39 is 10.1 Å². The van der Waals surface area contributed by atoms with E-state index in [1.807, 2.05) is 0 Å². The molecule has 0 radical (unpaired) electrons. The Balaban J connectivity index is 1.97. The molecule has 1 amide bonds. The maximum Gasteiger partial charge on any atom is 0.339 e. The van der Waals surface area contributed by atoms with Gasteiger partial charge < -0.3 is 14.2 Å². The van der Waals surface area contributed by atoms with E-state index in [4.69, 9.17) is 32.7 Å². The Morgan fingerprint density at radius 2 is 1.93 bits per heavy atom. The van der Waals surface area contributed by atoms with Crippen LogP contribution in [0.1, 0.15) is 5.56 Å². The second-order valence-corrected chi connectivity index (χ2v) is 8.91. The predicted molar refractivity (Wildman–Crippen MR) is 109 cm³/mol. The zero-order valence-electron chi connectivity index (χ0n) is 13.8. The van der Waals surface area contributed by atoms with Crippen molar-refractivity contribution in [1.29, 1.82) is 0 Å². The average Bonchev–Trinajstić information content (AvgIpc) is 2.94. The van der Waals surface area contributed by atoms with Crippen molar-refractivity contribution in [3.63, 3.8) is 0 Å². The highest BCUT2D eigenvalue weighted by atomic mass is 35.5. The number of rotatable bonds is 5. The molecule has 3 rings (SSSR count). The number of ether oxygens (including phenoxy) is 1. The minimum atomic E-state index is -4.08. The summed E-state index contributed by atoms with van der Waals surface area (Å²) in [6, 6.07) is 10.7. The molecule has 1 heterocycles. The Labute approximate surface area is 170 Å². The average molecular weight is 442 g/mol. The first-order valence-corrected chi connectivity index (χ1v) is 10.4. The van der Waals surface area contributed by atoms with Gasteiger partial charge in [-0.3, -0.25) is 4.79 Å². The van der Waals surface area contributed by atoms with Crippen LogP contribution >= 0.6 is 35.6 Å². The smallest absolute Gasteiger partial charge is 0.339 e. The maximum absolute atomic E-state index is 12.4. The number of carbonyl (C=O) groups is 1. The SMILES string of the molecule is COc1cc(/C=C2\SC(=S)NC2=O)cc(Cl)c1OS(=O)(=O)c1ccccc1. The van der Waals surface area contributed by atoms with E-state index in [0.29, 0.717) is 14.8 Å². The number of amides is 1. The van der Waals surface area contributed by atoms with Crippen LogP contribution in [-0.2, 0) is 14.9 Å². The van der Waals surface area contributed by atoms with E-state index in [0.717, 1.165) is 11.8 Å². The van der Waals surface area contributed by atoms with Crippen LogP contribution in [0.5, 0.6) is 11.5 Å². The topological polar surface area (TPSA) is 81.7 Å². The lowest BCUT2D eigenvalue weighted by atomic mass is 10.2. The van der Waals surface area contributed by atoms with E-state index in [2.05, 4.69) is 5.32 Å². The molecular formula is C17H12ClNO5S3. The summed E-state index contributed by atoms with van der Waals surface area (Å²) >= 11 is 12.3. The number of thiocarbonyl (C=S) groups is 1. The summed E-state index contributed by atoms with van der Waals surface area (Å²) in [6.45, 7) is 0. The molecule has 10 heteroatoms. The van der Waals surface area contributed by atoms with Gasteiger partial charge in [-0.2, -0.15) is 8.42 Å². The number of thioether (sulfide) groups is 1. The fraction of sp³-hybridized carbons (Fsp3) is 0.0588. The molecule has 1 saturated heterocycles. The number of benzene rings is 2. The van der Waals surface area contributed by atoms with Gasteiger partial charge in [0.2, 0.25) is 5.75 Å². The zero-order chi connectivity index (χ0) is 19.6. The van der Waals surface area contributed by atoms with Crippen LogP contribution in [0.25, 0.3) is 6.08 Å². The Bertz CT molecular complexity index is 1050. The van der Waals surface area contributed by atoms with E-state index >= 15 is 0 Å². The van der Waals surface area contributed by atoms with Crippen LogP contribution < -0.4 is 14.2 Å². The van der Waals surface area contributed by atoms with Crippen molar-refractivity contribution >= 4 is 62.0 Å². The molecule has 2 aromatic rings. The molecule has 6 nitrogen and oxygen atoms in total. The Kier molecular flexibility index (Phi) is 5.75. The summed E-state index contributed by atoms with van der Waals surface area (Å²) in [7, 11) is -2.73. The van der Waals surface area contributed by atoms with Crippen molar-refractivity contribution in [2.24, 2.45) is 0 Å². The number of halogens is 1. The van der Waals surface area contributed by atoms with Crippen molar-refractivity contribution in [3.8, 4) is 11.5 Å². The number of methoxy groups -OCH3 is 1. The fourth-order valence-corrected chi connectivity index (χ4v) is 4.55. The Morgan fingerprint density at radius 1 is 1.22 bits per heavy atom. The second-order valence-electron chi connectivity index (χ2n) is 5.24. The van der Waals surface area contributed by atoms with Crippen molar-refractivity contribution in [1.82, 2.24) is 5.32 Å². The zero-order valence-corrected chi connectivity index (χ0v) is 17.0. The van der Waals surface area contributed by atoms with Gasteiger partial charge in [-0.15, -0.1) is 0 Å². The highest BCUT2D eigenvalue weighted by Crippen LogP contribution is 2.39. The molecule has 1 fully saturated rings. The molecule has 0 unspecified atom stereocenters. The number of hydrogen-bond acceptors (Lipinski definition) is 7. The third-order valence-corrected chi connectivity index (χ3v) is 6.10. The van der Waals surface area contributed by atoms with Crippen LogP contribution in [-0.4, -0.2) is 25.8 Å². The van der Waals surface area contributed by atoms with E-state index in [-0.39, 0.29) is 27.3 Å². The lowest BCUT2D eigenvalue weighted by molar-refractivity contribution is -0.115. The standard InChI is InChI=1S/C17H12ClNO5S3/c1-23-13-8-10(9-14-16(20)19-17(25)26-14)7-12(18)15(13)24-27(21,22)11-5-3-2-4-6-11/h2-9H,1H3,(H,19,20,25)/b14-9-. The third-order valence-electron chi connectivity index (χ3n) is 3.42. The minimum absolute atomic E-state index is 0.0122. The Morgan fingerprint density at radius 3 is 2.52 bits per heavy atom. The molecule has 1 aliphatic rings. The summed E-state index contributed by atoms with van der Waals surface area (Å²) < 4.78 is 35.7. The Hall–Kier alpha value is -2.07. The lowest BCUT2D eigenvalue weighted by Gasteiger charge is -2.13. The van der Waals surface area contributed by atoms with Gasteiger partial charge in [0.05, 0.1) is 17.0 Å². The third kappa shape index (κ3) is 4.44. The lowest BCUT2D eigenvalue weighted by Crippen LogP contribution is -2.17. The van der Waals surface area contributed by atoms with Crippen LogP contribution in [0, 0.1) is 0 Å². The van der Waals surface area contributed by atoms with Crippen molar-refractivity contribution in [3.05, 3.63) is 58.0 Å². The summed E-state index contributed by atoms with van der Waals surface area (Å²) in [5, 5.41) is 2.53. The van der Waals surface area contributed by atoms with Crippen molar-refractivity contribution in [2.75, 3.05) is 7.11 Å². The molecule has 140 valence electrons. The molecule has 0 aromatic heterocycles. The molecular weight excluding hydrogens is 430 g/mol. The first-order chi connectivity index (χ1) is 12.8. The van der Waals surface area contributed by atoms with Gasteiger partial charge >= 0.3 is 10.1 Å². The van der Waals surface area contributed by atoms with Crippen molar-refractivity contribution in [2.45, 2.75) is 4.90 Å². The molecule has 2 aromatic carbocycles. The van der Waals surface area contributed by atoms with Crippen LogP contribution in [0.4, 0.5) is 0 Å². The van der Waals surface area contributed by atoms with Crippen LogP contribution in [0.3, 0.4) is 0 Å². The molecule has 1 N–H and O–H groups in total. The van der Waals surface area contributed by atoms with Crippen LogP contribution in [0.15, 0.2) is 52.3 Å². The summed E-state index contributed by atoms with van der Waals surface area (Å²) in [5.74, 6) is -0.337. The van der Waals surface area contributed by atoms with Gasteiger partial charge in [0, 0.05) is 0 Å². The van der Waals surface area contributed by atoms with Gasteiger partial charge in [0.25, 0.3) is 5.91 Å². The molecule has 1 aliphatic heterocycles. The molecule has 0 aliphatic carbocycles. The predicted octanol–water partition coefficient (Wildman–Crippen LogP) is 3.61. The second kappa shape index (κ2) is 7.89. The normalized spacial score (nSPS) is 15.7. The van der Waals surface area contributed by atoms with E-state index in [1.165, 1.54) is 31.4 Å². The highest BCUT2D eigenvalue weighted by Gasteiger charge is 2.24. The molecule has 0 bridgehead atoms. The van der Waals surface area contributed by atoms with E-state index in [1.54, 1.807) is 24.3 Å². The summed E-state index contributed by atoms with van der Waals surface area (Å²) in [6.07, 6.45) is 1.57. The number of carbonyl (C=O) groups excluding carboxylic acids is 1. The first kappa shape index (κ1) is 19.7. The van der Waals surface area contributed by atoms with Gasteiger partial charge in [0.15, 0.2) is 5.75 Å². The first-order valence-electron chi connectivity index (χ1n) is 7.42. The molecule has 0 saturated carbocycles. The summed E-state index contributed by atoms with van der Waals surface area (Å²) in [5.41, 5.74) is 0.531. The number of nitrogens with one attached hydrogen (secondary N) is 1. The number of hydrogen-bond donors (Lipinski definition) is 1. The molecule has 0 atom stereocenters. The summed E-state index contributed by atoms with van der Waals surface area (Å²) in [4.78, 5) is 12.2. The van der Waals surface area contributed by atoms with Gasteiger partial charge in [-0.25, -0.2) is 0 Å². The molecule has 27 heavy (non-hydrogen) atoms.